The monoisotopic (exact) mass is 231 g/mol. The fourth-order valence-corrected chi connectivity index (χ4v) is 1.25. The van der Waals surface area contributed by atoms with E-state index in [1.165, 1.54) is 19.2 Å². The van der Waals surface area contributed by atoms with Crippen LogP contribution in [0.5, 0.6) is 0 Å². The van der Waals surface area contributed by atoms with Gasteiger partial charge in [-0.3, -0.25) is 4.79 Å². The van der Waals surface area contributed by atoms with Gasteiger partial charge in [0.25, 0.3) is 5.85 Å². The molecule has 0 saturated carbocycles. The number of carbonyl (C=O) groups is 1. The van der Waals surface area contributed by atoms with Gasteiger partial charge in [-0.25, -0.2) is 4.98 Å². The summed E-state index contributed by atoms with van der Waals surface area (Å²) in [4.78, 5) is 18.9. The number of oxime groups is 1. The first kappa shape index (κ1) is 11.6. The Hall–Kier alpha value is -1.50. The Morgan fingerprint density at radius 2 is 2.47 bits per heavy atom. The van der Waals surface area contributed by atoms with Crippen LogP contribution in [0.4, 0.5) is 9.52 Å². The van der Waals surface area contributed by atoms with Crippen molar-refractivity contribution in [2.75, 3.05) is 5.73 Å². The van der Waals surface area contributed by atoms with Gasteiger partial charge in [0, 0.05) is 19.2 Å². The van der Waals surface area contributed by atoms with Gasteiger partial charge in [-0.1, -0.05) is 5.16 Å². The molecule has 2 N–H and O–H groups in total. The predicted octanol–water partition coefficient (Wildman–Crippen LogP) is 1.35. The van der Waals surface area contributed by atoms with Crippen LogP contribution in [0.1, 0.15) is 19.5 Å². The molecule has 0 spiro atoms. The van der Waals surface area contributed by atoms with Crippen LogP contribution in [0.15, 0.2) is 10.5 Å². The van der Waals surface area contributed by atoms with Crippen molar-refractivity contribution in [2.45, 2.75) is 19.7 Å². The van der Waals surface area contributed by atoms with Gasteiger partial charge >= 0.3 is 0 Å². The maximum atomic E-state index is 12.9. The van der Waals surface area contributed by atoms with Crippen LogP contribution in [-0.2, 0) is 9.63 Å². The van der Waals surface area contributed by atoms with E-state index in [0.29, 0.717) is 11.4 Å². The highest BCUT2D eigenvalue weighted by Gasteiger charge is 2.17. The van der Waals surface area contributed by atoms with Crippen molar-refractivity contribution >= 4 is 28.5 Å². The highest BCUT2D eigenvalue weighted by Crippen LogP contribution is 2.14. The van der Waals surface area contributed by atoms with Crippen LogP contribution >= 0.6 is 11.3 Å². The summed E-state index contributed by atoms with van der Waals surface area (Å²) < 4.78 is 12.9. The molecule has 0 bridgehead atoms. The third-order valence-electron chi connectivity index (χ3n) is 1.26. The van der Waals surface area contributed by atoms with Gasteiger partial charge in [0.1, 0.15) is 5.69 Å². The molecule has 7 heteroatoms. The molecule has 1 aromatic rings. The molecule has 0 unspecified atom stereocenters. The van der Waals surface area contributed by atoms with Crippen molar-refractivity contribution in [3.8, 4) is 0 Å². The molecule has 0 aliphatic rings. The van der Waals surface area contributed by atoms with Gasteiger partial charge in [0.15, 0.2) is 17.1 Å². The summed E-state index contributed by atoms with van der Waals surface area (Å²) in [6.07, 6.45) is 0.431. The molecule has 0 atom stereocenters. The predicted molar refractivity (Wildman–Crippen MR) is 55.4 cm³/mol. The zero-order valence-corrected chi connectivity index (χ0v) is 9.05. The van der Waals surface area contributed by atoms with Crippen molar-refractivity contribution in [3.63, 3.8) is 0 Å². The number of nitrogen functional groups attached to an aromatic ring is 1. The molecule has 0 amide bonds. The molecule has 82 valence electrons. The third-order valence-corrected chi connectivity index (χ3v) is 1.93. The van der Waals surface area contributed by atoms with Gasteiger partial charge in [-0.15, -0.1) is 11.3 Å². The molecule has 1 heterocycles. The molecule has 0 aliphatic heterocycles. The zero-order valence-electron chi connectivity index (χ0n) is 8.23. The van der Waals surface area contributed by atoms with Crippen molar-refractivity contribution in [2.24, 2.45) is 5.16 Å². The first-order valence-electron chi connectivity index (χ1n) is 4.04. The lowest BCUT2D eigenvalue weighted by molar-refractivity contribution is -0.116. The third kappa shape index (κ3) is 3.62. The number of carbonyl (C=O) groups excluding carboxylic acids is 1. The lowest BCUT2D eigenvalue weighted by Gasteiger charge is -2.10. The Balaban J connectivity index is 2.85. The normalized spacial score (nSPS) is 12.6. The molecule has 0 fully saturated rings. The number of hydrogen-bond donors (Lipinski definition) is 1. The molecular weight excluding hydrogens is 221 g/mol. The highest BCUT2D eigenvalue weighted by molar-refractivity contribution is 7.13. The lowest BCUT2D eigenvalue weighted by atomic mass is 10.3. The summed E-state index contributed by atoms with van der Waals surface area (Å²) >= 11 is 1.16. The first-order valence-corrected chi connectivity index (χ1v) is 4.92. The van der Waals surface area contributed by atoms with E-state index >= 15 is 0 Å². The van der Waals surface area contributed by atoms with Crippen molar-refractivity contribution in [1.29, 1.82) is 0 Å². The minimum absolute atomic E-state index is 0.0892. The van der Waals surface area contributed by atoms with Gasteiger partial charge < -0.3 is 10.6 Å². The second kappa shape index (κ2) is 4.35. The molecule has 5 nitrogen and oxygen atoms in total. The zero-order chi connectivity index (χ0) is 11.5. The van der Waals surface area contributed by atoms with Crippen LogP contribution in [-0.4, -0.2) is 22.8 Å². The maximum absolute atomic E-state index is 12.9. The maximum Gasteiger partial charge on any atom is 0.268 e. The van der Waals surface area contributed by atoms with E-state index in [9.17, 15) is 9.18 Å². The van der Waals surface area contributed by atoms with E-state index in [-0.39, 0.29) is 11.4 Å². The Morgan fingerprint density at radius 1 is 1.80 bits per heavy atom. The molecule has 0 aliphatic carbocycles. The van der Waals surface area contributed by atoms with Gasteiger partial charge in [0.2, 0.25) is 0 Å². The van der Waals surface area contributed by atoms with E-state index in [0.717, 1.165) is 11.3 Å². The molecular formula is C8H10FN3O2S. The average molecular weight is 231 g/mol. The highest BCUT2D eigenvalue weighted by atomic mass is 32.1. The van der Waals surface area contributed by atoms with Gasteiger partial charge in [-0.2, -0.15) is 4.39 Å². The average Bonchev–Trinajstić information content (AvgIpc) is 2.51. The molecule has 1 rings (SSSR count). The fraction of sp³-hybridized carbons (Fsp3) is 0.375. The summed E-state index contributed by atoms with van der Waals surface area (Å²) in [5, 5.41) is 5.20. The smallest absolute Gasteiger partial charge is 0.268 e. The van der Waals surface area contributed by atoms with Crippen LogP contribution in [0.2, 0.25) is 0 Å². The van der Waals surface area contributed by atoms with E-state index in [1.54, 1.807) is 0 Å². The molecule has 1 aromatic heterocycles. The van der Waals surface area contributed by atoms with Crippen molar-refractivity contribution in [1.82, 2.24) is 4.98 Å². The number of nitrogens with two attached hydrogens (primary N) is 1. The van der Waals surface area contributed by atoms with E-state index in [1.807, 2.05) is 0 Å². The summed E-state index contributed by atoms with van der Waals surface area (Å²) in [5.41, 5.74) is 5.56. The number of hydrogen-bond acceptors (Lipinski definition) is 6. The number of nitrogens with zero attached hydrogens (tertiary/aromatic N) is 2. The van der Waals surface area contributed by atoms with E-state index in [4.69, 9.17) is 5.73 Å². The van der Waals surface area contributed by atoms with Gasteiger partial charge in [-0.05, 0) is 0 Å². The van der Waals surface area contributed by atoms with Crippen LogP contribution < -0.4 is 5.73 Å². The summed E-state index contributed by atoms with van der Waals surface area (Å²) in [5.74, 6) is -1.93. The number of alkyl halides is 1. The second-order valence-electron chi connectivity index (χ2n) is 3.12. The number of thiazole rings is 1. The van der Waals surface area contributed by atoms with E-state index in [2.05, 4.69) is 15.0 Å². The number of rotatable bonds is 4. The van der Waals surface area contributed by atoms with Crippen LogP contribution in [0.25, 0.3) is 0 Å². The van der Waals surface area contributed by atoms with Gasteiger partial charge in [0.05, 0.1) is 0 Å². The number of aldehydes is 1. The Kier molecular flexibility index (Phi) is 3.35. The second-order valence-corrected chi connectivity index (χ2v) is 4.01. The van der Waals surface area contributed by atoms with Crippen LogP contribution in [0.3, 0.4) is 0 Å². The van der Waals surface area contributed by atoms with Crippen molar-refractivity contribution < 1.29 is 14.0 Å². The van der Waals surface area contributed by atoms with Crippen LogP contribution in [0, 0.1) is 0 Å². The Morgan fingerprint density at radius 3 is 2.87 bits per heavy atom. The molecule has 0 saturated heterocycles. The first-order chi connectivity index (χ1) is 6.92. The summed E-state index contributed by atoms with van der Waals surface area (Å²) in [6.45, 7) is 2.35. The summed E-state index contributed by atoms with van der Waals surface area (Å²) in [7, 11) is 0. The van der Waals surface area contributed by atoms with Crippen molar-refractivity contribution in [3.05, 3.63) is 11.1 Å². The topological polar surface area (TPSA) is 77.6 Å². The SMILES string of the molecule is CC(C)(F)ON=C(C=O)c1csc(N)n1. The largest absolute Gasteiger partial charge is 0.375 e. The Bertz CT molecular complexity index is 383. The number of halogens is 1. The minimum Gasteiger partial charge on any atom is -0.375 e. The molecule has 0 aromatic carbocycles. The summed E-state index contributed by atoms with van der Waals surface area (Å²) in [6, 6.07) is 0. The van der Waals surface area contributed by atoms with E-state index < -0.39 is 5.85 Å². The molecule has 15 heavy (non-hydrogen) atoms. The lowest BCUT2D eigenvalue weighted by Crippen LogP contribution is -2.16. The number of aromatic nitrogens is 1. The quantitative estimate of drug-likeness (QED) is 0.482. The standard InChI is InChI=1S/C8H10FN3O2S/c1-8(2,9)14-12-5(3-13)6-4-15-7(10)11-6/h3-4H,1-2H3,(H2,10,11). The Labute approximate surface area is 89.7 Å². The number of anilines is 1. The fourth-order valence-electron chi connectivity index (χ4n) is 0.692. The minimum atomic E-state index is -1.93. The molecule has 0 radical (unpaired) electrons.